The number of benzene rings is 2. The molecule has 1 saturated heterocycles. The van der Waals surface area contributed by atoms with Gasteiger partial charge in [-0.3, -0.25) is 9.59 Å². The van der Waals surface area contributed by atoms with E-state index in [9.17, 15) is 9.59 Å². The van der Waals surface area contributed by atoms with E-state index in [1.165, 1.54) is 24.0 Å². The van der Waals surface area contributed by atoms with Crippen LogP contribution in [-0.4, -0.2) is 25.0 Å². The van der Waals surface area contributed by atoms with E-state index in [2.05, 4.69) is 17.4 Å². The lowest BCUT2D eigenvalue weighted by molar-refractivity contribution is -0.118. The minimum absolute atomic E-state index is 0.0361. The number of carbonyl (C=O) groups is 2. The average Bonchev–Trinajstić information content (AvgIpc) is 3.12. The van der Waals surface area contributed by atoms with E-state index in [1.807, 2.05) is 30.3 Å². The van der Waals surface area contributed by atoms with Gasteiger partial charge in [0.1, 0.15) is 5.75 Å². The van der Waals surface area contributed by atoms with Crippen LogP contribution >= 0.6 is 0 Å². The predicted molar refractivity (Wildman–Crippen MR) is 105 cm³/mol. The van der Waals surface area contributed by atoms with Gasteiger partial charge in [-0.2, -0.15) is 0 Å². The summed E-state index contributed by atoms with van der Waals surface area (Å²) in [7, 11) is 0. The van der Waals surface area contributed by atoms with Crippen molar-refractivity contribution < 1.29 is 14.3 Å². The quantitative estimate of drug-likeness (QED) is 0.880. The van der Waals surface area contributed by atoms with Gasteiger partial charge >= 0.3 is 0 Å². The van der Waals surface area contributed by atoms with Gasteiger partial charge in [0.2, 0.25) is 5.91 Å². The molecule has 27 heavy (non-hydrogen) atoms. The van der Waals surface area contributed by atoms with Crippen LogP contribution in [0.15, 0.2) is 42.5 Å². The smallest absolute Gasteiger partial charge is 0.262 e. The fraction of sp³-hybridized carbons (Fsp3) is 0.364. The molecule has 2 amide bonds. The summed E-state index contributed by atoms with van der Waals surface area (Å²) in [5.41, 5.74) is 4.23. The molecule has 2 aliphatic rings. The zero-order valence-corrected chi connectivity index (χ0v) is 15.4. The lowest BCUT2D eigenvalue weighted by Gasteiger charge is -2.17. The Kier molecular flexibility index (Phi) is 5.10. The number of nitrogens with one attached hydrogen (secondary N) is 1. The Balaban J connectivity index is 1.35. The summed E-state index contributed by atoms with van der Waals surface area (Å²) < 4.78 is 5.68. The predicted octanol–water partition coefficient (Wildman–Crippen LogP) is 3.71. The Morgan fingerprint density at radius 2 is 1.85 bits per heavy atom. The summed E-state index contributed by atoms with van der Waals surface area (Å²) in [5, 5.41) is 2.85. The molecule has 5 heteroatoms. The van der Waals surface area contributed by atoms with E-state index >= 15 is 0 Å². The van der Waals surface area contributed by atoms with Gasteiger partial charge in [-0.15, -0.1) is 0 Å². The third-order valence-electron chi connectivity index (χ3n) is 5.20. The number of rotatable bonds is 5. The first-order chi connectivity index (χ1) is 13.2. The number of nitrogens with zero attached hydrogens (tertiary/aromatic N) is 1. The molecule has 0 saturated carbocycles. The molecule has 4 rings (SSSR count). The number of amides is 2. The van der Waals surface area contributed by atoms with Gasteiger partial charge in [0.05, 0.1) is 0 Å². The fourth-order valence-corrected chi connectivity index (χ4v) is 3.82. The molecule has 140 valence electrons. The van der Waals surface area contributed by atoms with Crippen LogP contribution < -0.4 is 15.0 Å². The molecule has 0 aromatic heterocycles. The van der Waals surface area contributed by atoms with Crippen molar-refractivity contribution in [3.05, 3.63) is 53.6 Å². The molecule has 1 heterocycles. The number of anilines is 2. The van der Waals surface area contributed by atoms with Gasteiger partial charge in [0.25, 0.3) is 5.91 Å². The highest BCUT2D eigenvalue weighted by Crippen LogP contribution is 2.26. The second-order valence-corrected chi connectivity index (χ2v) is 7.17. The van der Waals surface area contributed by atoms with Crippen molar-refractivity contribution in [2.45, 2.75) is 38.5 Å². The maximum atomic E-state index is 12.3. The van der Waals surface area contributed by atoms with Crippen LogP contribution in [0.4, 0.5) is 11.4 Å². The summed E-state index contributed by atoms with van der Waals surface area (Å²) in [6.45, 7) is 0.698. The SMILES string of the molecule is O=C(COc1ccc2c(c1)CCCC2)Nc1cccc(N2CCCC2=O)c1. The van der Waals surface area contributed by atoms with E-state index in [-0.39, 0.29) is 18.4 Å². The lowest BCUT2D eigenvalue weighted by atomic mass is 9.92. The van der Waals surface area contributed by atoms with Crippen LogP contribution in [0, 0.1) is 0 Å². The second-order valence-electron chi connectivity index (χ2n) is 7.17. The molecule has 1 fully saturated rings. The van der Waals surface area contributed by atoms with Crippen molar-refractivity contribution in [2.75, 3.05) is 23.4 Å². The number of hydrogen-bond acceptors (Lipinski definition) is 3. The Morgan fingerprint density at radius 3 is 2.67 bits per heavy atom. The number of aryl methyl sites for hydroxylation is 2. The summed E-state index contributed by atoms with van der Waals surface area (Å²) in [5.74, 6) is 0.661. The van der Waals surface area contributed by atoms with Crippen molar-refractivity contribution in [1.29, 1.82) is 0 Å². The molecule has 1 N–H and O–H groups in total. The van der Waals surface area contributed by atoms with Crippen molar-refractivity contribution in [1.82, 2.24) is 0 Å². The molecular formula is C22H24N2O3. The molecule has 0 spiro atoms. The molecule has 0 radical (unpaired) electrons. The first-order valence-electron chi connectivity index (χ1n) is 9.64. The highest BCUT2D eigenvalue weighted by Gasteiger charge is 2.21. The Labute approximate surface area is 159 Å². The Morgan fingerprint density at radius 1 is 1.00 bits per heavy atom. The van der Waals surface area contributed by atoms with E-state index in [0.29, 0.717) is 12.1 Å². The number of ether oxygens (including phenoxy) is 1. The summed E-state index contributed by atoms with van der Waals surface area (Å²) in [6.07, 6.45) is 6.15. The van der Waals surface area contributed by atoms with Gasteiger partial charge in [-0.25, -0.2) is 0 Å². The minimum atomic E-state index is -0.211. The molecule has 0 atom stereocenters. The van der Waals surface area contributed by atoms with E-state index in [4.69, 9.17) is 4.74 Å². The molecule has 0 bridgehead atoms. The van der Waals surface area contributed by atoms with Crippen LogP contribution in [0.1, 0.15) is 36.8 Å². The monoisotopic (exact) mass is 364 g/mol. The average molecular weight is 364 g/mol. The molecule has 0 unspecified atom stereocenters. The Hall–Kier alpha value is -2.82. The minimum Gasteiger partial charge on any atom is -0.484 e. The van der Waals surface area contributed by atoms with Gasteiger partial charge < -0.3 is 15.0 Å². The number of hydrogen-bond donors (Lipinski definition) is 1. The maximum Gasteiger partial charge on any atom is 0.262 e. The highest BCUT2D eigenvalue weighted by atomic mass is 16.5. The van der Waals surface area contributed by atoms with Crippen LogP contribution in [-0.2, 0) is 22.4 Å². The highest BCUT2D eigenvalue weighted by molar-refractivity contribution is 5.97. The first-order valence-corrected chi connectivity index (χ1v) is 9.64. The third-order valence-corrected chi connectivity index (χ3v) is 5.20. The van der Waals surface area contributed by atoms with Crippen LogP contribution in [0.25, 0.3) is 0 Å². The molecule has 1 aliphatic carbocycles. The van der Waals surface area contributed by atoms with E-state index < -0.39 is 0 Å². The van der Waals surface area contributed by atoms with Gasteiger partial charge in [-0.05, 0) is 73.6 Å². The zero-order chi connectivity index (χ0) is 18.6. The molecule has 2 aromatic carbocycles. The molecular weight excluding hydrogens is 340 g/mol. The number of fused-ring (bicyclic) bond motifs is 1. The van der Waals surface area contributed by atoms with Gasteiger partial charge in [-0.1, -0.05) is 12.1 Å². The zero-order valence-electron chi connectivity index (χ0n) is 15.4. The maximum absolute atomic E-state index is 12.3. The second kappa shape index (κ2) is 7.82. The van der Waals surface area contributed by atoms with Crippen molar-refractivity contribution in [3.8, 4) is 5.75 Å². The largest absolute Gasteiger partial charge is 0.484 e. The topological polar surface area (TPSA) is 58.6 Å². The summed E-state index contributed by atoms with van der Waals surface area (Å²) in [4.78, 5) is 25.9. The van der Waals surface area contributed by atoms with Crippen LogP contribution in [0.5, 0.6) is 5.75 Å². The normalized spacial score (nSPS) is 16.1. The molecule has 1 aliphatic heterocycles. The Bertz CT molecular complexity index is 862. The molecule has 5 nitrogen and oxygen atoms in total. The van der Waals surface area contributed by atoms with Crippen molar-refractivity contribution in [2.24, 2.45) is 0 Å². The number of carbonyl (C=O) groups excluding carboxylic acids is 2. The van der Waals surface area contributed by atoms with E-state index in [1.54, 1.807) is 4.90 Å². The molecule has 2 aromatic rings. The van der Waals surface area contributed by atoms with Crippen molar-refractivity contribution >= 4 is 23.2 Å². The lowest BCUT2D eigenvalue weighted by Crippen LogP contribution is -2.24. The summed E-state index contributed by atoms with van der Waals surface area (Å²) in [6, 6.07) is 13.5. The van der Waals surface area contributed by atoms with Gasteiger partial charge in [0, 0.05) is 24.3 Å². The van der Waals surface area contributed by atoms with Gasteiger partial charge in [0.15, 0.2) is 6.61 Å². The third kappa shape index (κ3) is 4.13. The van der Waals surface area contributed by atoms with Crippen LogP contribution in [0.2, 0.25) is 0 Å². The van der Waals surface area contributed by atoms with E-state index in [0.717, 1.165) is 37.2 Å². The first kappa shape index (κ1) is 17.6. The van der Waals surface area contributed by atoms with Crippen molar-refractivity contribution in [3.63, 3.8) is 0 Å². The summed E-state index contributed by atoms with van der Waals surface area (Å²) >= 11 is 0. The standard InChI is InChI=1S/C22H24N2O3/c25-21(15-27-20-11-10-16-5-1-2-6-17(16)13-20)23-18-7-3-8-19(14-18)24-12-4-9-22(24)26/h3,7-8,10-11,13-14H,1-2,4-6,9,12,15H2,(H,23,25). The fourth-order valence-electron chi connectivity index (χ4n) is 3.82. The van der Waals surface area contributed by atoms with Crippen LogP contribution in [0.3, 0.4) is 0 Å².